The standard InChI is InChI=1S/C13H19NO/c14-13(8-4-5-9-13)11-15-10-12-6-2-1-3-7-12/h1-3,6-7H,4-5,8-11,14H2. The Balaban J connectivity index is 1.75. The van der Waals surface area contributed by atoms with Crippen LogP contribution in [-0.4, -0.2) is 12.1 Å². The smallest absolute Gasteiger partial charge is 0.0717 e. The monoisotopic (exact) mass is 205 g/mol. The van der Waals surface area contributed by atoms with Crippen molar-refractivity contribution in [1.29, 1.82) is 0 Å². The predicted molar refractivity (Wildman–Crippen MR) is 61.5 cm³/mol. The molecule has 2 heteroatoms. The zero-order valence-corrected chi connectivity index (χ0v) is 9.11. The molecular weight excluding hydrogens is 186 g/mol. The Morgan fingerprint density at radius 1 is 1.13 bits per heavy atom. The van der Waals surface area contributed by atoms with Crippen molar-refractivity contribution in [3.63, 3.8) is 0 Å². The van der Waals surface area contributed by atoms with E-state index >= 15 is 0 Å². The van der Waals surface area contributed by atoms with E-state index in [0.29, 0.717) is 13.2 Å². The first-order valence-electron chi connectivity index (χ1n) is 5.69. The van der Waals surface area contributed by atoms with Crippen molar-refractivity contribution in [2.24, 2.45) is 5.73 Å². The quantitative estimate of drug-likeness (QED) is 0.819. The Morgan fingerprint density at radius 2 is 1.80 bits per heavy atom. The van der Waals surface area contributed by atoms with Gasteiger partial charge >= 0.3 is 0 Å². The summed E-state index contributed by atoms with van der Waals surface area (Å²) >= 11 is 0. The molecule has 1 aromatic carbocycles. The maximum Gasteiger partial charge on any atom is 0.0717 e. The first-order valence-corrected chi connectivity index (χ1v) is 5.69. The highest BCUT2D eigenvalue weighted by Crippen LogP contribution is 2.27. The van der Waals surface area contributed by atoms with Crippen LogP contribution in [0.4, 0.5) is 0 Å². The van der Waals surface area contributed by atoms with E-state index in [1.165, 1.54) is 18.4 Å². The van der Waals surface area contributed by atoms with Crippen LogP contribution in [0.25, 0.3) is 0 Å². The second kappa shape index (κ2) is 4.77. The van der Waals surface area contributed by atoms with Crippen LogP contribution in [0.2, 0.25) is 0 Å². The average Bonchev–Trinajstić information content (AvgIpc) is 2.67. The van der Waals surface area contributed by atoms with Crippen molar-refractivity contribution in [3.05, 3.63) is 35.9 Å². The topological polar surface area (TPSA) is 35.2 Å². The lowest BCUT2D eigenvalue weighted by Gasteiger charge is -2.23. The van der Waals surface area contributed by atoms with Crippen LogP contribution in [-0.2, 0) is 11.3 Å². The lowest BCUT2D eigenvalue weighted by atomic mass is 10.0. The van der Waals surface area contributed by atoms with Crippen molar-refractivity contribution < 1.29 is 4.74 Å². The highest BCUT2D eigenvalue weighted by Gasteiger charge is 2.29. The van der Waals surface area contributed by atoms with Crippen molar-refractivity contribution >= 4 is 0 Å². The Morgan fingerprint density at radius 3 is 2.47 bits per heavy atom. The number of ether oxygens (including phenoxy) is 1. The van der Waals surface area contributed by atoms with Crippen molar-refractivity contribution in [2.45, 2.75) is 37.8 Å². The lowest BCUT2D eigenvalue weighted by Crippen LogP contribution is -2.41. The molecule has 1 aliphatic rings. The number of nitrogens with two attached hydrogens (primary N) is 1. The summed E-state index contributed by atoms with van der Waals surface area (Å²) in [5.74, 6) is 0. The van der Waals surface area contributed by atoms with E-state index in [-0.39, 0.29) is 5.54 Å². The molecule has 1 saturated carbocycles. The highest BCUT2D eigenvalue weighted by atomic mass is 16.5. The van der Waals surface area contributed by atoms with Crippen LogP contribution in [0, 0.1) is 0 Å². The van der Waals surface area contributed by atoms with E-state index in [1.54, 1.807) is 0 Å². The van der Waals surface area contributed by atoms with E-state index in [0.717, 1.165) is 12.8 Å². The third kappa shape index (κ3) is 3.05. The van der Waals surface area contributed by atoms with Crippen molar-refractivity contribution in [2.75, 3.05) is 6.61 Å². The zero-order valence-electron chi connectivity index (χ0n) is 9.11. The van der Waals surface area contributed by atoms with Gasteiger partial charge in [0.25, 0.3) is 0 Å². The van der Waals surface area contributed by atoms with Crippen LogP contribution in [0.15, 0.2) is 30.3 Å². The van der Waals surface area contributed by atoms with Crippen LogP contribution >= 0.6 is 0 Å². The average molecular weight is 205 g/mol. The molecule has 1 fully saturated rings. The summed E-state index contributed by atoms with van der Waals surface area (Å²) in [4.78, 5) is 0. The van der Waals surface area contributed by atoms with Crippen LogP contribution in [0.3, 0.4) is 0 Å². The largest absolute Gasteiger partial charge is 0.375 e. The van der Waals surface area contributed by atoms with Gasteiger partial charge in [-0.15, -0.1) is 0 Å². The summed E-state index contributed by atoms with van der Waals surface area (Å²) in [5.41, 5.74) is 7.37. The van der Waals surface area contributed by atoms with Gasteiger partial charge in [0, 0.05) is 5.54 Å². The van der Waals surface area contributed by atoms with Gasteiger partial charge in [0.1, 0.15) is 0 Å². The number of hydrogen-bond acceptors (Lipinski definition) is 2. The van der Waals surface area contributed by atoms with E-state index in [4.69, 9.17) is 10.5 Å². The number of rotatable bonds is 4. The number of hydrogen-bond donors (Lipinski definition) is 1. The molecule has 0 aliphatic heterocycles. The van der Waals surface area contributed by atoms with Gasteiger partial charge < -0.3 is 10.5 Å². The molecule has 0 atom stereocenters. The Labute approximate surface area is 91.4 Å². The van der Waals surface area contributed by atoms with Crippen molar-refractivity contribution in [1.82, 2.24) is 0 Å². The van der Waals surface area contributed by atoms with Crippen molar-refractivity contribution in [3.8, 4) is 0 Å². The summed E-state index contributed by atoms with van der Waals surface area (Å²) in [6.45, 7) is 1.38. The minimum absolute atomic E-state index is 0.0468. The third-order valence-electron chi connectivity index (χ3n) is 3.10. The molecular formula is C13H19NO. The molecule has 0 unspecified atom stereocenters. The molecule has 0 spiro atoms. The van der Waals surface area contributed by atoms with Gasteiger partial charge in [-0.25, -0.2) is 0 Å². The lowest BCUT2D eigenvalue weighted by molar-refractivity contribution is 0.0751. The third-order valence-corrected chi connectivity index (χ3v) is 3.10. The van der Waals surface area contributed by atoms with E-state index in [9.17, 15) is 0 Å². The maximum absolute atomic E-state index is 6.20. The van der Waals surface area contributed by atoms with E-state index < -0.39 is 0 Å². The SMILES string of the molecule is NC1(COCc2ccccc2)CCCC1. The maximum atomic E-state index is 6.20. The molecule has 0 saturated heterocycles. The normalized spacial score (nSPS) is 19.3. The molecule has 1 aromatic rings. The molecule has 2 N–H and O–H groups in total. The fraction of sp³-hybridized carbons (Fsp3) is 0.538. The first-order chi connectivity index (χ1) is 7.29. The molecule has 15 heavy (non-hydrogen) atoms. The van der Waals surface area contributed by atoms with Gasteiger partial charge in [-0.2, -0.15) is 0 Å². The second-order valence-electron chi connectivity index (χ2n) is 4.55. The van der Waals surface area contributed by atoms with E-state index in [1.807, 2.05) is 18.2 Å². The van der Waals surface area contributed by atoms with Gasteiger partial charge in [0.05, 0.1) is 13.2 Å². The summed E-state index contributed by atoms with van der Waals surface area (Å²) in [6, 6.07) is 10.2. The molecule has 0 heterocycles. The van der Waals surface area contributed by atoms with Gasteiger partial charge in [-0.1, -0.05) is 43.2 Å². The summed E-state index contributed by atoms with van der Waals surface area (Å²) < 4.78 is 5.68. The highest BCUT2D eigenvalue weighted by molar-refractivity contribution is 5.13. The molecule has 2 nitrogen and oxygen atoms in total. The predicted octanol–water partition coefficient (Wildman–Crippen LogP) is 2.47. The fourth-order valence-corrected chi connectivity index (χ4v) is 2.17. The molecule has 2 rings (SSSR count). The minimum atomic E-state index is -0.0468. The molecule has 0 radical (unpaired) electrons. The number of benzene rings is 1. The summed E-state index contributed by atoms with van der Waals surface area (Å²) in [5, 5.41) is 0. The molecule has 82 valence electrons. The second-order valence-corrected chi connectivity index (χ2v) is 4.55. The first kappa shape index (κ1) is 10.7. The Bertz CT molecular complexity index is 291. The Kier molecular flexibility index (Phi) is 3.39. The molecule has 1 aliphatic carbocycles. The Hall–Kier alpha value is -0.860. The van der Waals surface area contributed by atoms with Gasteiger partial charge in [0.2, 0.25) is 0 Å². The summed E-state index contributed by atoms with van der Waals surface area (Å²) in [6.07, 6.45) is 4.74. The fourth-order valence-electron chi connectivity index (χ4n) is 2.17. The van der Waals surface area contributed by atoms with E-state index in [2.05, 4.69) is 12.1 Å². The molecule has 0 amide bonds. The van der Waals surface area contributed by atoms with Crippen LogP contribution in [0.5, 0.6) is 0 Å². The van der Waals surface area contributed by atoms with Gasteiger partial charge in [0.15, 0.2) is 0 Å². The zero-order chi connectivity index (χ0) is 10.6. The minimum Gasteiger partial charge on any atom is -0.375 e. The van der Waals surface area contributed by atoms with Crippen LogP contribution in [0.1, 0.15) is 31.2 Å². The van der Waals surface area contributed by atoms with Crippen LogP contribution < -0.4 is 5.73 Å². The van der Waals surface area contributed by atoms with Gasteiger partial charge in [-0.05, 0) is 18.4 Å². The summed E-state index contributed by atoms with van der Waals surface area (Å²) in [7, 11) is 0. The molecule has 0 aromatic heterocycles. The van der Waals surface area contributed by atoms with Gasteiger partial charge in [-0.3, -0.25) is 0 Å². The molecule has 0 bridgehead atoms.